The Bertz CT molecular complexity index is 1390. The fourth-order valence-corrected chi connectivity index (χ4v) is 4.90. The summed E-state index contributed by atoms with van der Waals surface area (Å²) >= 11 is 6.48. The van der Waals surface area contributed by atoms with Gasteiger partial charge in [0, 0.05) is 63.2 Å². The molecule has 3 N–H and O–H groups in total. The third kappa shape index (κ3) is 8.10. The zero-order chi connectivity index (χ0) is 30.8. The van der Waals surface area contributed by atoms with Crippen molar-refractivity contribution >= 4 is 41.0 Å². The summed E-state index contributed by atoms with van der Waals surface area (Å²) < 4.78 is 16.8. The number of amides is 2. The number of anilines is 2. The second-order valence-electron chi connectivity index (χ2n) is 9.54. The average molecular weight is 611 g/mol. The van der Waals surface area contributed by atoms with Crippen LogP contribution < -0.4 is 30.2 Å². The second kappa shape index (κ2) is 15.1. The molecule has 0 radical (unpaired) electrons. The minimum absolute atomic E-state index is 0.0910. The van der Waals surface area contributed by atoms with Crippen molar-refractivity contribution in [1.82, 2.24) is 19.8 Å². The molecule has 2 fully saturated rings. The molecule has 0 aliphatic carbocycles. The molecule has 0 unspecified atom stereocenters. The van der Waals surface area contributed by atoms with Crippen LogP contribution in [0.4, 0.5) is 22.2 Å². The summed E-state index contributed by atoms with van der Waals surface area (Å²) in [4.78, 5) is 32.4. The Morgan fingerprint density at radius 1 is 0.884 bits per heavy atom. The molecule has 43 heavy (non-hydrogen) atoms. The highest BCUT2D eigenvalue weighted by atomic mass is 35.5. The molecular formula is C30H39ClN8O4. The van der Waals surface area contributed by atoms with Crippen molar-refractivity contribution in [3.05, 3.63) is 53.6 Å². The molecule has 2 saturated heterocycles. The quantitative estimate of drug-likeness (QED) is 0.268. The van der Waals surface area contributed by atoms with E-state index in [-0.39, 0.29) is 23.7 Å². The molecule has 0 spiro atoms. The summed E-state index contributed by atoms with van der Waals surface area (Å²) in [6, 6.07) is 14.4. The van der Waals surface area contributed by atoms with Crippen LogP contribution in [0.15, 0.2) is 53.5 Å². The molecule has 13 heteroatoms. The first-order chi connectivity index (χ1) is 20.9. The van der Waals surface area contributed by atoms with Gasteiger partial charge in [-0.3, -0.25) is 0 Å². The number of halogens is 1. The smallest absolute Gasteiger partial charge is 0.320 e. The van der Waals surface area contributed by atoms with Crippen molar-refractivity contribution in [2.45, 2.75) is 26.7 Å². The lowest BCUT2D eigenvalue weighted by atomic mass is 10.3. The van der Waals surface area contributed by atoms with Crippen LogP contribution in [-0.4, -0.2) is 85.2 Å². The second-order valence-corrected chi connectivity index (χ2v) is 9.95. The molecule has 12 nitrogen and oxygen atoms in total. The van der Waals surface area contributed by atoms with Crippen LogP contribution in [0.3, 0.4) is 0 Å². The van der Waals surface area contributed by atoms with Gasteiger partial charge in [-0.15, -0.1) is 0 Å². The Labute approximate surface area is 257 Å². The number of nitrogens with one attached hydrogen (secondary N) is 1. The van der Waals surface area contributed by atoms with Crippen LogP contribution in [-0.2, 0) is 0 Å². The van der Waals surface area contributed by atoms with Gasteiger partial charge in [0.1, 0.15) is 0 Å². The standard InChI is InChI=1S/C28H33ClN8O4.C2H6/c1-39-22-16-20(29)21(17-23(22)40-2)41-25-18-24(32-26(30)31-19-8-4-3-5-9-19)33-27(34-25)35-12-14-37(15-13-35)28(38)36-10-6-7-11-36;1-2/h3-5,8-9,16-18H,6-7,10-15H2,1-2H3,(H3,30,31,32,33,34);1-2H3. The summed E-state index contributed by atoms with van der Waals surface area (Å²) in [6.45, 7) is 7.87. The number of methoxy groups -OCH3 is 2. The number of nitrogens with two attached hydrogens (primary N) is 1. The molecule has 230 valence electrons. The third-order valence-electron chi connectivity index (χ3n) is 6.82. The molecule has 0 atom stereocenters. The maximum Gasteiger partial charge on any atom is 0.320 e. The monoisotopic (exact) mass is 610 g/mol. The number of aliphatic imine (C=N–C) groups is 1. The number of urea groups is 1. The van der Waals surface area contributed by atoms with E-state index in [0.29, 0.717) is 54.4 Å². The van der Waals surface area contributed by atoms with Crippen LogP contribution in [0.5, 0.6) is 23.1 Å². The number of carbonyl (C=O) groups is 1. The molecule has 2 aliphatic rings. The molecule has 2 aromatic carbocycles. The molecule has 2 amide bonds. The van der Waals surface area contributed by atoms with Gasteiger partial charge in [0.05, 0.1) is 19.2 Å². The van der Waals surface area contributed by atoms with Crippen LogP contribution in [0.25, 0.3) is 0 Å². The zero-order valence-corrected chi connectivity index (χ0v) is 25.8. The Hall–Kier alpha value is -4.45. The summed E-state index contributed by atoms with van der Waals surface area (Å²) in [6.07, 6.45) is 2.12. The van der Waals surface area contributed by atoms with Gasteiger partial charge in [-0.25, -0.2) is 4.79 Å². The number of hydrogen-bond donors (Lipinski definition) is 2. The topological polar surface area (TPSA) is 131 Å². The summed E-state index contributed by atoms with van der Waals surface area (Å²) in [7, 11) is 3.06. The Balaban J connectivity index is 0.00000207. The fraction of sp³-hybridized carbons (Fsp3) is 0.400. The highest BCUT2D eigenvalue weighted by Gasteiger charge is 2.28. The average Bonchev–Trinajstić information content (AvgIpc) is 3.58. The first-order valence-electron chi connectivity index (χ1n) is 14.4. The summed E-state index contributed by atoms with van der Waals surface area (Å²) in [5.74, 6) is 2.30. The van der Waals surface area contributed by atoms with Crippen LogP contribution >= 0.6 is 11.6 Å². The molecule has 2 aliphatic heterocycles. The van der Waals surface area contributed by atoms with Gasteiger partial charge in [-0.05, 0) is 25.0 Å². The Morgan fingerprint density at radius 2 is 1.51 bits per heavy atom. The van der Waals surface area contributed by atoms with E-state index in [4.69, 9.17) is 31.5 Å². The molecule has 1 aromatic heterocycles. The predicted octanol–water partition coefficient (Wildman–Crippen LogP) is 5.36. The van der Waals surface area contributed by atoms with Gasteiger partial charge in [0.2, 0.25) is 11.8 Å². The molecule has 3 aromatic rings. The lowest BCUT2D eigenvalue weighted by molar-refractivity contribution is 0.159. The Morgan fingerprint density at radius 3 is 2.16 bits per heavy atom. The minimum Gasteiger partial charge on any atom is -0.493 e. The van der Waals surface area contributed by atoms with Gasteiger partial charge >= 0.3 is 6.03 Å². The SMILES string of the molecule is CC.COc1cc(Cl)c(Oc2cc(/N=C(/N)Nc3ccccc3)nc(N3CCN(C(=O)N4CCCC4)CC3)n2)cc1OC. The van der Waals surface area contributed by atoms with Gasteiger partial charge < -0.3 is 40.0 Å². The van der Waals surface area contributed by atoms with E-state index in [1.807, 2.05) is 58.9 Å². The van der Waals surface area contributed by atoms with Crippen molar-refractivity contribution in [1.29, 1.82) is 0 Å². The van der Waals surface area contributed by atoms with Crippen LogP contribution in [0, 0.1) is 0 Å². The van der Waals surface area contributed by atoms with E-state index in [1.165, 1.54) is 14.2 Å². The first-order valence-corrected chi connectivity index (χ1v) is 14.7. The van der Waals surface area contributed by atoms with Gasteiger partial charge in [-0.2, -0.15) is 15.0 Å². The van der Waals surface area contributed by atoms with E-state index in [9.17, 15) is 4.79 Å². The van der Waals surface area contributed by atoms with Crippen molar-refractivity contribution in [2.75, 3.05) is 63.7 Å². The van der Waals surface area contributed by atoms with Crippen LogP contribution in [0.1, 0.15) is 26.7 Å². The normalized spacial score (nSPS) is 15.0. The van der Waals surface area contributed by atoms with Crippen molar-refractivity contribution in [3.8, 4) is 23.1 Å². The van der Waals surface area contributed by atoms with Crippen molar-refractivity contribution in [3.63, 3.8) is 0 Å². The highest BCUT2D eigenvalue weighted by Crippen LogP contribution is 2.39. The van der Waals surface area contributed by atoms with E-state index in [0.717, 1.165) is 31.6 Å². The number of hydrogen-bond acceptors (Lipinski definition) is 8. The highest BCUT2D eigenvalue weighted by molar-refractivity contribution is 6.32. The zero-order valence-electron chi connectivity index (χ0n) is 25.0. The number of para-hydroxylation sites is 1. The van der Waals surface area contributed by atoms with Crippen molar-refractivity contribution < 1.29 is 19.0 Å². The van der Waals surface area contributed by atoms with Gasteiger partial charge in [0.25, 0.3) is 0 Å². The molecule has 0 bridgehead atoms. The number of carbonyl (C=O) groups excluding carboxylic acids is 1. The molecule has 3 heterocycles. The number of benzene rings is 2. The maximum absolute atomic E-state index is 12.9. The Kier molecular flexibility index (Phi) is 11.1. The van der Waals surface area contributed by atoms with Crippen LogP contribution in [0.2, 0.25) is 5.02 Å². The minimum atomic E-state index is 0.0910. The number of likely N-dealkylation sites (tertiary alicyclic amines) is 1. The maximum atomic E-state index is 12.9. The number of nitrogens with zero attached hydrogens (tertiary/aromatic N) is 6. The number of rotatable bonds is 7. The summed E-state index contributed by atoms with van der Waals surface area (Å²) in [5.41, 5.74) is 6.99. The first kappa shape index (κ1) is 31.5. The van der Waals surface area contributed by atoms with E-state index in [1.54, 1.807) is 18.2 Å². The van der Waals surface area contributed by atoms with Gasteiger partial charge in [0.15, 0.2) is 29.0 Å². The molecule has 5 rings (SSSR count). The summed E-state index contributed by atoms with van der Waals surface area (Å²) in [5, 5.41) is 3.37. The predicted molar refractivity (Wildman–Crippen MR) is 169 cm³/mol. The molecule has 0 saturated carbocycles. The largest absolute Gasteiger partial charge is 0.493 e. The van der Waals surface area contributed by atoms with E-state index in [2.05, 4.69) is 20.3 Å². The van der Waals surface area contributed by atoms with E-state index >= 15 is 0 Å². The number of piperazine rings is 1. The molecular weight excluding hydrogens is 572 g/mol. The number of aromatic nitrogens is 2. The van der Waals surface area contributed by atoms with Crippen molar-refractivity contribution in [2.24, 2.45) is 10.7 Å². The lowest BCUT2D eigenvalue weighted by Gasteiger charge is -2.36. The fourth-order valence-electron chi connectivity index (χ4n) is 4.71. The third-order valence-corrected chi connectivity index (χ3v) is 7.12. The number of ether oxygens (including phenoxy) is 3. The van der Waals surface area contributed by atoms with Gasteiger partial charge in [-0.1, -0.05) is 43.6 Å². The lowest BCUT2D eigenvalue weighted by Crippen LogP contribution is -2.52. The number of guanidine groups is 1. The van der Waals surface area contributed by atoms with E-state index < -0.39 is 0 Å².